The van der Waals surface area contributed by atoms with Crippen molar-refractivity contribution in [2.75, 3.05) is 13.2 Å². The molecule has 2 atom stereocenters. The van der Waals surface area contributed by atoms with E-state index in [0.29, 0.717) is 19.3 Å². The smallest absolute Gasteiger partial charge is 0.306 e. The lowest BCUT2D eigenvalue weighted by Crippen LogP contribution is -2.30. The molecule has 0 aromatic carbocycles. The third-order valence-electron chi connectivity index (χ3n) is 9.58. The monoisotopic (exact) mass is 681 g/mol. The Balaban J connectivity index is 4.29. The van der Waals surface area contributed by atoms with E-state index in [-0.39, 0.29) is 31.1 Å². The predicted octanol–water partition coefficient (Wildman–Crippen LogP) is 12.6. The minimum Gasteiger partial charge on any atom is -0.462 e. The summed E-state index contributed by atoms with van der Waals surface area (Å²) >= 11 is 0. The van der Waals surface area contributed by atoms with Gasteiger partial charge in [-0.25, -0.2) is 0 Å². The molecule has 6 nitrogen and oxygen atoms in total. The van der Waals surface area contributed by atoms with Gasteiger partial charge in [0, 0.05) is 19.3 Å². The molecule has 0 fully saturated rings. The maximum atomic E-state index is 12.6. The summed E-state index contributed by atoms with van der Waals surface area (Å²) in [5.41, 5.74) is 0. The fourth-order valence-corrected chi connectivity index (χ4v) is 6.01. The van der Waals surface area contributed by atoms with Crippen molar-refractivity contribution >= 4 is 17.9 Å². The maximum absolute atomic E-state index is 12.6. The Morgan fingerprint density at radius 2 is 0.792 bits per heavy atom. The summed E-state index contributed by atoms with van der Waals surface area (Å²) < 4.78 is 16.6. The van der Waals surface area contributed by atoms with Gasteiger partial charge < -0.3 is 14.2 Å². The Bertz CT molecular complexity index is 736. The average Bonchev–Trinajstić information content (AvgIpc) is 3.06. The predicted molar refractivity (Wildman–Crippen MR) is 201 cm³/mol. The third-order valence-corrected chi connectivity index (χ3v) is 9.58. The Hall–Kier alpha value is -1.59. The van der Waals surface area contributed by atoms with Crippen molar-refractivity contribution in [3.63, 3.8) is 0 Å². The van der Waals surface area contributed by atoms with E-state index < -0.39 is 6.10 Å². The molecule has 0 bridgehead atoms. The van der Waals surface area contributed by atoms with Gasteiger partial charge in [0.1, 0.15) is 13.2 Å². The summed E-state index contributed by atoms with van der Waals surface area (Å²) in [4.78, 5) is 37.4. The van der Waals surface area contributed by atoms with Crippen LogP contribution in [0.25, 0.3) is 0 Å². The van der Waals surface area contributed by atoms with Gasteiger partial charge in [-0.15, -0.1) is 0 Å². The summed E-state index contributed by atoms with van der Waals surface area (Å²) in [6.07, 6.45) is 31.0. The molecule has 0 saturated carbocycles. The highest BCUT2D eigenvalue weighted by Gasteiger charge is 2.19. The van der Waals surface area contributed by atoms with Crippen LogP contribution in [0, 0.1) is 11.8 Å². The summed E-state index contributed by atoms with van der Waals surface area (Å²) in [5.74, 6) is 0.760. The fraction of sp³-hybridized carbons (Fsp3) is 0.929. The van der Waals surface area contributed by atoms with Crippen LogP contribution in [-0.2, 0) is 28.6 Å². The van der Waals surface area contributed by atoms with Gasteiger partial charge in [-0.05, 0) is 31.1 Å². The number of rotatable bonds is 36. The van der Waals surface area contributed by atoms with Gasteiger partial charge in [0.2, 0.25) is 0 Å². The van der Waals surface area contributed by atoms with Crippen molar-refractivity contribution < 1.29 is 28.6 Å². The van der Waals surface area contributed by atoms with Crippen LogP contribution in [0.1, 0.15) is 221 Å². The lowest BCUT2D eigenvalue weighted by Gasteiger charge is -2.18. The molecule has 6 heteroatoms. The highest BCUT2D eigenvalue weighted by molar-refractivity contribution is 5.71. The van der Waals surface area contributed by atoms with E-state index in [9.17, 15) is 14.4 Å². The molecule has 0 aliphatic carbocycles. The number of esters is 3. The minimum absolute atomic E-state index is 0.0668. The Labute approximate surface area is 298 Å². The molecule has 0 aromatic heterocycles. The molecule has 1 unspecified atom stereocenters. The zero-order valence-corrected chi connectivity index (χ0v) is 32.6. The maximum Gasteiger partial charge on any atom is 0.306 e. The minimum atomic E-state index is -0.758. The first-order valence-corrected chi connectivity index (χ1v) is 20.8. The number of carbonyl (C=O) groups is 3. The zero-order valence-electron chi connectivity index (χ0n) is 32.6. The standard InChI is InChI=1S/C42H80O6/c1-6-8-9-10-15-24-29-34-42(45)48-39(36-47-41(44)33-28-23-19-18-21-26-31-38(5)7-2)35-46-40(43)32-27-22-17-14-12-11-13-16-20-25-30-37(3)4/h37-39H,6-36H2,1-5H3/t38?,39-/m0/s1. The summed E-state index contributed by atoms with van der Waals surface area (Å²) in [6.45, 7) is 11.2. The fourth-order valence-electron chi connectivity index (χ4n) is 6.01. The second-order valence-corrected chi connectivity index (χ2v) is 15.0. The Kier molecular flexibility index (Phi) is 34.1. The van der Waals surface area contributed by atoms with Gasteiger partial charge in [0.25, 0.3) is 0 Å². The second kappa shape index (κ2) is 35.2. The van der Waals surface area contributed by atoms with Gasteiger partial charge >= 0.3 is 17.9 Å². The van der Waals surface area contributed by atoms with Crippen molar-refractivity contribution in [3.8, 4) is 0 Å². The van der Waals surface area contributed by atoms with E-state index >= 15 is 0 Å². The molecule has 0 aliphatic heterocycles. The molecule has 0 radical (unpaired) electrons. The van der Waals surface area contributed by atoms with Gasteiger partial charge in [-0.1, -0.05) is 182 Å². The normalized spacial score (nSPS) is 12.6. The first kappa shape index (κ1) is 46.4. The lowest BCUT2D eigenvalue weighted by molar-refractivity contribution is -0.167. The van der Waals surface area contributed by atoms with Gasteiger partial charge in [0.05, 0.1) is 0 Å². The Morgan fingerprint density at radius 1 is 0.438 bits per heavy atom. The Morgan fingerprint density at radius 3 is 1.19 bits per heavy atom. The molecule has 0 rings (SSSR count). The molecular formula is C42H80O6. The van der Waals surface area contributed by atoms with E-state index in [0.717, 1.165) is 69.6 Å². The summed E-state index contributed by atoms with van der Waals surface area (Å²) in [6, 6.07) is 0. The average molecular weight is 681 g/mol. The molecule has 0 N–H and O–H groups in total. The number of hydrogen-bond acceptors (Lipinski definition) is 6. The van der Waals surface area contributed by atoms with Crippen molar-refractivity contribution in [1.82, 2.24) is 0 Å². The molecule has 0 amide bonds. The van der Waals surface area contributed by atoms with Crippen LogP contribution < -0.4 is 0 Å². The molecule has 284 valence electrons. The van der Waals surface area contributed by atoms with Crippen LogP contribution in [0.5, 0.6) is 0 Å². The van der Waals surface area contributed by atoms with Crippen LogP contribution in [0.3, 0.4) is 0 Å². The highest BCUT2D eigenvalue weighted by Crippen LogP contribution is 2.16. The van der Waals surface area contributed by atoms with E-state index in [4.69, 9.17) is 14.2 Å². The number of unbranched alkanes of at least 4 members (excludes halogenated alkanes) is 20. The molecular weight excluding hydrogens is 600 g/mol. The van der Waals surface area contributed by atoms with E-state index in [1.165, 1.54) is 109 Å². The quantitative estimate of drug-likeness (QED) is 0.0372. The zero-order chi connectivity index (χ0) is 35.5. The highest BCUT2D eigenvalue weighted by atomic mass is 16.6. The van der Waals surface area contributed by atoms with Gasteiger partial charge in [0.15, 0.2) is 6.10 Å². The van der Waals surface area contributed by atoms with Crippen LogP contribution >= 0.6 is 0 Å². The first-order chi connectivity index (χ1) is 23.3. The molecule has 0 spiro atoms. The number of ether oxygens (including phenoxy) is 3. The van der Waals surface area contributed by atoms with Crippen LogP contribution in [0.2, 0.25) is 0 Å². The van der Waals surface area contributed by atoms with Crippen LogP contribution in [0.4, 0.5) is 0 Å². The van der Waals surface area contributed by atoms with Crippen LogP contribution in [-0.4, -0.2) is 37.2 Å². The van der Waals surface area contributed by atoms with Crippen molar-refractivity contribution in [2.45, 2.75) is 227 Å². The topological polar surface area (TPSA) is 78.9 Å². The largest absolute Gasteiger partial charge is 0.462 e. The number of hydrogen-bond donors (Lipinski definition) is 0. The van der Waals surface area contributed by atoms with Crippen molar-refractivity contribution in [1.29, 1.82) is 0 Å². The third kappa shape index (κ3) is 34.3. The lowest BCUT2D eigenvalue weighted by atomic mass is 10.00. The number of carbonyl (C=O) groups excluding carboxylic acids is 3. The molecule has 48 heavy (non-hydrogen) atoms. The second-order valence-electron chi connectivity index (χ2n) is 15.0. The van der Waals surface area contributed by atoms with Crippen molar-refractivity contribution in [2.24, 2.45) is 11.8 Å². The molecule has 0 aromatic rings. The van der Waals surface area contributed by atoms with E-state index in [1.807, 2.05) is 0 Å². The van der Waals surface area contributed by atoms with Gasteiger partial charge in [-0.3, -0.25) is 14.4 Å². The van der Waals surface area contributed by atoms with Gasteiger partial charge in [-0.2, -0.15) is 0 Å². The van der Waals surface area contributed by atoms with E-state index in [1.54, 1.807) is 0 Å². The van der Waals surface area contributed by atoms with Crippen molar-refractivity contribution in [3.05, 3.63) is 0 Å². The summed E-state index contributed by atoms with van der Waals surface area (Å²) in [5, 5.41) is 0. The molecule has 0 aliphatic rings. The molecule has 0 heterocycles. The molecule has 0 saturated heterocycles. The SMILES string of the molecule is CCCCCCCCCC(=O)O[C@@H](COC(=O)CCCCCCCCCCCCC(C)C)COC(=O)CCCCCCCCC(C)CC. The van der Waals surface area contributed by atoms with Crippen LogP contribution in [0.15, 0.2) is 0 Å². The summed E-state index contributed by atoms with van der Waals surface area (Å²) in [7, 11) is 0. The van der Waals surface area contributed by atoms with E-state index in [2.05, 4.69) is 34.6 Å². The first-order valence-electron chi connectivity index (χ1n) is 20.8.